The first-order valence-corrected chi connectivity index (χ1v) is 9.76. The third-order valence-electron chi connectivity index (χ3n) is 5.77. The van der Waals surface area contributed by atoms with Crippen molar-refractivity contribution in [1.29, 1.82) is 0 Å². The van der Waals surface area contributed by atoms with E-state index in [-0.39, 0.29) is 29.9 Å². The van der Waals surface area contributed by atoms with Crippen LogP contribution in [-0.4, -0.2) is 39.8 Å². The Bertz CT molecular complexity index is 780. The molecule has 0 aliphatic carbocycles. The van der Waals surface area contributed by atoms with Gasteiger partial charge in [-0.3, -0.25) is 14.6 Å². The van der Waals surface area contributed by atoms with Gasteiger partial charge in [-0.1, -0.05) is 30.3 Å². The van der Waals surface area contributed by atoms with Crippen molar-refractivity contribution in [2.24, 2.45) is 0 Å². The van der Waals surface area contributed by atoms with Crippen LogP contribution in [0.4, 0.5) is 0 Å². The molecule has 1 unspecified atom stereocenters. The molecule has 2 bridgehead atoms. The molecule has 5 heteroatoms. The van der Waals surface area contributed by atoms with Gasteiger partial charge >= 0.3 is 0 Å². The largest absolute Gasteiger partial charge is 0.349 e. The molecule has 2 amide bonds. The molecule has 0 saturated carbocycles. The second-order valence-electron chi connectivity index (χ2n) is 7.55. The Morgan fingerprint density at radius 3 is 2.33 bits per heavy atom. The van der Waals surface area contributed by atoms with Gasteiger partial charge in [-0.15, -0.1) is 0 Å². The lowest BCUT2D eigenvalue weighted by atomic mass is 9.96. The fourth-order valence-electron chi connectivity index (χ4n) is 4.50. The zero-order chi connectivity index (χ0) is 18.6. The summed E-state index contributed by atoms with van der Waals surface area (Å²) in [4.78, 5) is 31.3. The average Bonchev–Trinajstić information content (AvgIpc) is 2.98. The van der Waals surface area contributed by atoms with Crippen molar-refractivity contribution in [3.05, 3.63) is 66.0 Å². The van der Waals surface area contributed by atoms with Crippen LogP contribution in [0.5, 0.6) is 0 Å². The van der Waals surface area contributed by atoms with E-state index in [1.165, 1.54) is 5.56 Å². The van der Waals surface area contributed by atoms with Crippen LogP contribution in [0.15, 0.2) is 54.9 Å². The molecule has 4 rings (SSSR count). The van der Waals surface area contributed by atoms with E-state index in [0.717, 1.165) is 32.1 Å². The fraction of sp³-hybridized carbons (Fsp3) is 0.409. The lowest BCUT2D eigenvalue weighted by Crippen LogP contribution is -2.52. The van der Waals surface area contributed by atoms with Crippen molar-refractivity contribution in [2.45, 2.75) is 56.7 Å². The number of pyridine rings is 1. The number of rotatable bonds is 5. The molecule has 2 aliphatic rings. The van der Waals surface area contributed by atoms with Crippen LogP contribution >= 0.6 is 0 Å². The topological polar surface area (TPSA) is 62.3 Å². The van der Waals surface area contributed by atoms with E-state index in [2.05, 4.69) is 27.3 Å². The third-order valence-corrected chi connectivity index (χ3v) is 5.77. The molecule has 1 aromatic carbocycles. The predicted octanol–water partition coefficient (Wildman–Crippen LogP) is 2.97. The third kappa shape index (κ3) is 4.02. The van der Waals surface area contributed by atoms with E-state index in [1.54, 1.807) is 24.5 Å². The number of nitrogens with zero attached hydrogens (tertiary/aromatic N) is 2. The van der Waals surface area contributed by atoms with Gasteiger partial charge in [0.25, 0.3) is 5.91 Å². The van der Waals surface area contributed by atoms with Crippen LogP contribution in [0.3, 0.4) is 0 Å². The number of hydrogen-bond donors (Lipinski definition) is 1. The molecule has 1 N–H and O–H groups in total. The Labute approximate surface area is 159 Å². The second-order valence-corrected chi connectivity index (χ2v) is 7.55. The number of amides is 2. The molecule has 0 spiro atoms. The number of aromatic nitrogens is 1. The summed E-state index contributed by atoms with van der Waals surface area (Å²) >= 11 is 0. The Kier molecular flexibility index (Phi) is 5.19. The molecule has 3 atom stereocenters. The first kappa shape index (κ1) is 17.7. The van der Waals surface area contributed by atoms with E-state index in [4.69, 9.17) is 0 Å². The number of hydrogen-bond acceptors (Lipinski definition) is 3. The number of carbonyl (C=O) groups is 2. The highest BCUT2D eigenvalue weighted by Gasteiger charge is 2.43. The van der Waals surface area contributed by atoms with Crippen molar-refractivity contribution >= 4 is 11.8 Å². The Morgan fingerprint density at radius 2 is 1.67 bits per heavy atom. The second kappa shape index (κ2) is 7.91. The number of benzene rings is 1. The number of nitrogens with one attached hydrogen (secondary N) is 1. The van der Waals surface area contributed by atoms with Gasteiger partial charge < -0.3 is 10.2 Å². The van der Waals surface area contributed by atoms with Gasteiger partial charge in [0, 0.05) is 42.5 Å². The SMILES string of the molecule is O=C(NC1C[C@H]2CC[C@@H](C1)N2C(=O)CCc1ccccc1)c1ccncc1. The molecule has 5 nitrogen and oxygen atoms in total. The summed E-state index contributed by atoms with van der Waals surface area (Å²) in [5.74, 6) is 0.205. The van der Waals surface area contributed by atoms with Crippen LogP contribution < -0.4 is 5.32 Å². The molecule has 1 aromatic heterocycles. The lowest BCUT2D eigenvalue weighted by Gasteiger charge is -2.39. The van der Waals surface area contributed by atoms with Crippen LogP contribution in [-0.2, 0) is 11.2 Å². The molecule has 3 heterocycles. The monoisotopic (exact) mass is 363 g/mol. The molecule has 140 valence electrons. The highest BCUT2D eigenvalue weighted by molar-refractivity contribution is 5.94. The van der Waals surface area contributed by atoms with Crippen molar-refractivity contribution in [3.8, 4) is 0 Å². The van der Waals surface area contributed by atoms with Gasteiger partial charge in [0.2, 0.25) is 5.91 Å². The van der Waals surface area contributed by atoms with Crippen LogP contribution in [0.1, 0.15) is 48.0 Å². The van der Waals surface area contributed by atoms with E-state index < -0.39 is 0 Å². The standard InChI is InChI=1S/C22H25N3O2/c26-21(9-6-16-4-2-1-3-5-16)25-19-7-8-20(25)15-18(14-19)24-22(27)17-10-12-23-13-11-17/h1-5,10-13,18-20H,6-9,14-15H2,(H,24,27)/t18?,19-,20+. The molecular formula is C22H25N3O2. The van der Waals surface area contributed by atoms with Crippen LogP contribution in [0.25, 0.3) is 0 Å². The van der Waals surface area contributed by atoms with Gasteiger partial charge in [-0.2, -0.15) is 0 Å². The van der Waals surface area contributed by atoms with E-state index >= 15 is 0 Å². The predicted molar refractivity (Wildman–Crippen MR) is 103 cm³/mol. The molecular weight excluding hydrogens is 338 g/mol. The number of carbonyl (C=O) groups excluding carboxylic acids is 2. The lowest BCUT2D eigenvalue weighted by molar-refractivity contribution is -0.135. The first-order chi connectivity index (χ1) is 13.2. The van der Waals surface area contributed by atoms with Gasteiger partial charge in [-0.25, -0.2) is 0 Å². The quantitative estimate of drug-likeness (QED) is 0.888. The van der Waals surface area contributed by atoms with Crippen molar-refractivity contribution < 1.29 is 9.59 Å². The number of aryl methyl sites for hydroxylation is 1. The highest BCUT2D eigenvalue weighted by atomic mass is 16.2. The zero-order valence-corrected chi connectivity index (χ0v) is 15.4. The minimum atomic E-state index is -0.0503. The van der Waals surface area contributed by atoms with Crippen molar-refractivity contribution in [2.75, 3.05) is 0 Å². The van der Waals surface area contributed by atoms with Gasteiger partial charge in [-0.05, 0) is 49.8 Å². The molecule has 27 heavy (non-hydrogen) atoms. The molecule has 2 fully saturated rings. The number of piperidine rings is 1. The summed E-state index contributed by atoms with van der Waals surface area (Å²) in [6.45, 7) is 0. The van der Waals surface area contributed by atoms with Crippen molar-refractivity contribution in [3.63, 3.8) is 0 Å². The van der Waals surface area contributed by atoms with E-state index in [1.807, 2.05) is 18.2 Å². The van der Waals surface area contributed by atoms with Crippen LogP contribution in [0, 0.1) is 0 Å². The maximum absolute atomic E-state index is 12.8. The summed E-state index contributed by atoms with van der Waals surface area (Å²) < 4.78 is 0. The molecule has 2 aliphatic heterocycles. The smallest absolute Gasteiger partial charge is 0.251 e. The normalized spacial score (nSPS) is 23.9. The Hall–Kier alpha value is -2.69. The summed E-state index contributed by atoms with van der Waals surface area (Å²) in [6.07, 6.45) is 8.41. The summed E-state index contributed by atoms with van der Waals surface area (Å²) in [6, 6.07) is 14.3. The Morgan fingerprint density at radius 1 is 1.00 bits per heavy atom. The molecule has 2 aromatic rings. The minimum absolute atomic E-state index is 0.0503. The van der Waals surface area contributed by atoms with Crippen LogP contribution in [0.2, 0.25) is 0 Å². The van der Waals surface area contributed by atoms with Gasteiger partial charge in [0.05, 0.1) is 0 Å². The average molecular weight is 363 g/mol. The Balaban J connectivity index is 1.33. The maximum Gasteiger partial charge on any atom is 0.251 e. The molecule has 0 radical (unpaired) electrons. The highest BCUT2D eigenvalue weighted by Crippen LogP contribution is 2.36. The zero-order valence-electron chi connectivity index (χ0n) is 15.4. The number of fused-ring (bicyclic) bond motifs is 2. The van der Waals surface area contributed by atoms with Gasteiger partial charge in [0.15, 0.2) is 0 Å². The minimum Gasteiger partial charge on any atom is -0.349 e. The maximum atomic E-state index is 12.8. The molecule has 2 saturated heterocycles. The van der Waals surface area contributed by atoms with Crippen molar-refractivity contribution in [1.82, 2.24) is 15.2 Å². The first-order valence-electron chi connectivity index (χ1n) is 9.76. The fourth-order valence-corrected chi connectivity index (χ4v) is 4.50. The van der Waals surface area contributed by atoms with Gasteiger partial charge in [0.1, 0.15) is 0 Å². The van der Waals surface area contributed by atoms with E-state index in [0.29, 0.717) is 12.0 Å². The van der Waals surface area contributed by atoms with E-state index in [9.17, 15) is 9.59 Å². The summed E-state index contributed by atoms with van der Waals surface area (Å²) in [7, 11) is 0. The summed E-state index contributed by atoms with van der Waals surface area (Å²) in [5, 5.41) is 3.15. The summed E-state index contributed by atoms with van der Waals surface area (Å²) in [5.41, 5.74) is 1.84.